The van der Waals surface area contributed by atoms with Crippen LogP contribution < -0.4 is 5.32 Å². The smallest absolute Gasteiger partial charge is 0.121 e. The van der Waals surface area contributed by atoms with E-state index in [2.05, 4.69) is 5.32 Å². The maximum absolute atomic E-state index is 11.0. The van der Waals surface area contributed by atoms with E-state index in [9.17, 15) is 9.32 Å². The summed E-state index contributed by atoms with van der Waals surface area (Å²) in [6, 6.07) is 5.33. The van der Waals surface area contributed by atoms with E-state index in [1.165, 1.54) is 0 Å². The average Bonchev–Trinajstić information content (AvgIpc) is 2.25. The third-order valence-corrected chi connectivity index (χ3v) is 3.72. The highest BCUT2D eigenvalue weighted by atomic mass is 35.5. The zero-order valence-corrected chi connectivity index (χ0v) is 11.6. The zero-order chi connectivity index (χ0) is 12.8. The maximum atomic E-state index is 11.0. The Labute approximate surface area is 110 Å². The highest BCUT2D eigenvalue weighted by molar-refractivity contribution is 7.84. The van der Waals surface area contributed by atoms with Gasteiger partial charge in [-0.15, -0.1) is 0 Å². The van der Waals surface area contributed by atoms with Crippen molar-refractivity contribution in [1.82, 2.24) is 5.32 Å². The SMILES string of the molecule is CC(CCS(C)=O)NCc1c(O)cccc1Cl. The van der Waals surface area contributed by atoms with E-state index in [-0.39, 0.29) is 11.8 Å². The van der Waals surface area contributed by atoms with Gasteiger partial charge in [0.2, 0.25) is 0 Å². The average molecular weight is 276 g/mol. The summed E-state index contributed by atoms with van der Waals surface area (Å²) in [4.78, 5) is 0. The van der Waals surface area contributed by atoms with Crippen molar-refractivity contribution in [1.29, 1.82) is 0 Å². The number of aromatic hydroxyl groups is 1. The summed E-state index contributed by atoms with van der Waals surface area (Å²) < 4.78 is 11.0. The molecule has 96 valence electrons. The minimum absolute atomic E-state index is 0.205. The van der Waals surface area contributed by atoms with E-state index >= 15 is 0 Å². The Morgan fingerprint density at radius 1 is 1.53 bits per heavy atom. The molecular formula is C12H18ClNO2S. The lowest BCUT2D eigenvalue weighted by molar-refractivity contribution is 0.457. The highest BCUT2D eigenvalue weighted by Crippen LogP contribution is 2.24. The predicted molar refractivity (Wildman–Crippen MR) is 73.0 cm³/mol. The first kappa shape index (κ1) is 14.5. The molecule has 0 spiro atoms. The first-order valence-electron chi connectivity index (χ1n) is 5.50. The lowest BCUT2D eigenvalue weighted by Crippen LogP contribution is -2.27. The van der Waals surface area contributed by atoms with Crippen LogP contribution in [0.15, 0.2) is 18.2 Å². The molecule has 17 heavy (non-hydrogen) atoms. The number of benzene rings is 1. The Bertz CT molecular complexity index is 378. The van der Waals surface area contributed by atoms with Crippen LogP contribution in [0.3, 0.4) is 0 Å². The van der Waals surface area contributed by atoms with E-state index in [1.54, 1.807) is 24.5 Å². The van der Waals surface area contributed by atoms with E-state index in [4.69, 9.17) is 11.6 Å². The van der Waals surface area contributed by atoms with Crippen LogP contribution in [0.2, 0.25) is 5.02 Å². The topological polar surface area (TPSA) is 49.3 Å². The first-order valence-corrected chi connectivity index (χ1v) is 7.61. The fourth-order valence-corrected chi connectivity index (χ4v) is 2.37. The summed E-state index contributed by atoms with van der Waals surface area (Å²) in [7, 11) is -0.758. The van der Waals surface area contributed by atoms with Crippen molar-refractivity contribution in [2.45, 2.75) is 25.9 Å². The lowest BCUT2D eigenvalue weighted by atomic mass is 10.2. The minimum atomic E-state index is -0.758. The van der Waals surface area contributed by atoms with E-state index in [0.29, 0.717) is 22.9 Å². The number of hydrogen-bond donors (Lipinski definition) is 2. The summed E-state index contributed by atoms with van der Waals surface area (Å²) in [5.74, 6) is 0.888. The minimum Gasteiger partial charge on any atom is -0.508 e. The maximum Gasteiger partial charge on any atom is 0.121 e. The van der Waals surface area contributed by atoms with Gasteiger partial charge >= 0.3 is 0 Å². The molecule has 0 saturated heterocycles. The van der Waals surface area contributed by atoms with Crippen molar-refractivity contribution in [3.63, 3.8) is 0 Å². The number of phenols is 1. The summed E-state index contributed by atoms with van der Waals surface area (Å²) in [5, 5.41) is 13.5. The van der Waals surface area contributed by atoms with Gasteiger partial charge in [0.15, 0.2) is 0 Å². The Kier molecular flexibility index (Phi) is 5.95. The number of halogens is 1. The summed E-state index contributed by atoms with van der Waals surface area (Å²) in [6.45, 7) is 2.55. The molecule has 1 aromatic carbocycles. The van der Waals surface area contributed by atoms with Gasteiger partial charge in [-0.05, 0) is 25.5 Å². The molecule has 0 aliphatic rings. The van der Waals surface area contributed by atoms with Crippen molar-refractivity contribution in [2.24, 2.45) is 0 Å². The first-order chi connectivity index (χ1) is 8.00. The molecule has 5 heteroatoms. The van der Waals surface area contributed by atoms with Crippen molar-refractivity contribution >= 4 is 22.4 Å². The molecule has 0 fully saturated rings. The molecule has 0 heterocycles. The van der Waals surface area contributed by atoms with Gasteiger partial charge in [-0.25, -0.2) is 0 Å². The number of hydrogen-bond acceptors (Lipinski definition) is 3. The molecule has 0 bridgehead atoms. The van der Waals surface area contributed by atoms with Crippen molar-refractivity contribution < 1.29 is 9.32 Å². The largest absolute Gasteiger partial charge is 0.508 e. The van der Waals surface area contributed by atoms with Gasteiger partial charge in [-0.1, -0.05) is 17.7 Å². The van der Waals surface area contributed by atoms with Crippen LogP contribution in [-0.2, 0) is 17.3 Å². The van der Waals surface area contributed by atoms with Crippen molar-refractivity contribution in [3.8, 4) is 5.75 Å². The fourth-order valence-electron chi connectivity index (χ4n) is 1.44. The third-order valence-electron chi connectivity index (χ3n) is 2.56. The van der Waals surface area contributed by atoms with Crippen LogP contribution in [0, 0.1) is 0 Å². The second-order valence-corrected chi connectivity index (χ2v) is 6.05. The molecule has 0 amide bonds. The molecule has 3 nitrogen and oxygen atoms in total. The van der Waals surface area contributed by atoms with Gasteiger partial charge in [0.1, 0.15) is 5.75 Å². The quantitative estimate of drug-likeness (QED) is 0.838. The molecule has 0 radical (unpaired) electrons. The van der Waals surface area contributed by atoms with E-state index in [0.717, 1.165) is 6.42 Å². The van der Waals surface area contributed by atoms with Gasteiger partial charge in [0.25, 0.3) is 0 Å². The number of nitrogens with one attached hydrogen (secondary N) is 1. The standard InChI is InChI=1S/C12H18ClNO2S/c1-9(6-7-17(2)16)14-8-10-11(13)4-3-5-12(10)15/h3-5,9,14-15H,6-8H2,1-2H3. The molecule has 0 aromatic heterocycles. The van der Waals surface area contributed by atoms with Crippen LogP contribution in [0.4, 0.5) is 0 Å². The predicted octanol–water partition coefficient (Wildman–Crippen LogP) is 2.29. The second kappa shape index (κ2) is 6.99. The Hall–Kier alpha value is -0.580. The molecule has 2 unspecified atom stereocenters. The normalized spacial score (nSPS) is 14.5. The van der Waals surface area contributed by atoms with Crippen molar-refractivity contribution in [2.75, 3.05) is 12.0 Å². The van der Waals surface area contributed by atoms with E-state index in [1.807, 2.05) is 6.92 Å². The monoisotopic (exact) mass is 275 g/mol. The number of phenolic OH excluding ortho intramolecular Hbond substituents is 1. The van der Waals surface area contributed by atoms with Gasteiger partial charge in [0.05, 0.1) is 0 Å². The van der Waals surface area contributed by atoms with E-state index < -0.39 is 10.8 Å². The second-order valence-electron chi connectivity index (χ2n) is 4.09. The molecule has 2 N–H and O–H groups in total. The molecule has 0 saturated carbocycles. The Balaban J connectivity index is 2.47. The van der Waals surface area contributed by atoms with Gasteiger partial charge < -0.3 is 10.4 Å². The van der Waals surface area contributed by atoms with Gasteiger partial charge in [-0.3, -0.25) is 4.21 Å². The summed E-state index contributed by atoms with van der Waals surface area (Å²) >= 11 is 5.99. The number of rotatable bonds is 6. The van der Waals surface area contributed by atoms with Crippen LogP contribution >= 0.6 is 11.6 Å². The zero-order valence-electron chi connectivity index (χ0n) is 10.1. The Morgan fingerprint density at radius 2 is 2.24 bits per heavy atom. The molecule has 0 aliphatic heterocycles. The molecule has 0 aliphatic carbocycles. The highest BCUT2D eigenvalue weighted by Gasteiger charge is 2.08. The van der Waals surface area contributed by atoms with Gasteiger partial charge in [0, 0.05) is 46.0 Å². The van der Waals surface area contributed by atoms with Gasteiger partial charge in [-0.2, -0.15) is 0 Å². The third kappa shape index (κ3) is 5.06. The van der Waals surface area contributed by atoms with Crippen LogP contribution in [0.25, 0.3) is 0 Å². The van der Waals surface area contributed by atoms with Crippen LogP contribution in [0.1, 0.15) is 18.9 Å². The van der Waals surface area contributed by atoms with Crippen LogP contribution in [0.5, 0.6) is 5.75 Å². The summed E-state index contributed by atoms with van der Waals surface area (Å²) in [5.41, 5.74) is 0.707. The molecule has 2 atom stereocenters. The lowest BCUT2D eigenvalue weighted by Gasteiger charge is -2.14. The summed E-state index contributed by atoms with van der Waals surface area (Å²) in [6.07, 6.45) is 2.54. The fraction of sp³-hybridized carbons (Fsp3) is 0.500. The molecule has 1 rings (SSSR count). The molecular weight excluding hydrogens is 258 g/mol. The van der Waals surface area contributed by atoms with Crippen molar-refractivity contribution in [3.05, 3.63) is 28.8 Å². The molecule has 1 aromatic rings. The Morgan fingerprint density at radius 3 is 2.82 bits per heavy atom. The van der Waals surface area contributed by atoms with Crippen LogP contribution in [-0.4, -0.2) is 27.4 Å².